The van der Waals surface area contributed by atoms with Crippen LogP contribution in [0.15, 0.2) is 0 Å². The molecule has 0 heterocycles. The molecule has 0 aromatic carbocycles. The van der Waals surface area contributed by atoms with Crippen molar-refractivity contribution in [2.45, 2.75) is 219 Å². The predicted octanol–water partition coefficient (Wildman–Crippen LogP) is 9.53. The van der Waals surface area contributed by atoms with Gasteiger partial charge < -0.3 is 25.6 Å². The first-order chi connectivity index (χ1) is 25.2. The molecule has 0 aromatic heterocycles. The molecule has 0 radical (unpaired) electrons. The summed E-state index contributed by atoms with van der Waals surface area (Å²) < 4.78 is 11.3. The lowest BCUT2D eigenvalue weighted by Gasteiger charge is -2.20. The lowest BCUT2D eigenvalue weighted by atomic mass is 10.0. The minimum Gasteiger partial charge on any atom is -0.462 e. The van der Waals surface area contributed by atoms with Crippen molar-refractivity contribution in [3.63, 3.8) is 0 Å². The molecule has 0 fully saturated rings. The van der Waals surface area contributed by atoms with Gasteiger partial charge in [-0.15, -0.1) is 0 Å². The number of carbonyl (C=O) groups excluding carboxylic acids is 4. The molecule has 3 unspecified atom stereocenters. The zero-order valence-electron chi connectivity index (χ0n) is 33.7. The normalized spacial score (nSPS) is 13.0. The van der Waals surface area contributed by atoms with Crippen LogP contribution in [0.1, 0.15) is 201 Å². The molecule has 0 bridgehead atoms. The van der Waals surface area contributed by atoms with E-state index in [9.17, 15) is 24.3 Å². The number of carbonyl (C=O) groups is 4. The Labute approximate surface area is 322 Å². The van der Waals surface area contributed by atoms with Gasteiger partial charge in [0.25, 0.3) is 0 Å². The van der Waals surface area contributed by atoms with Crippen LogP contribution >= 0.6 is 11.8 Å². The van der Waals surface area contributed by atoms with E-state index in [0.29, 0.717) is 18.6 Å². The van der Waals surface area contributed by atoms with E-state index in [1.165, 1.54) is 147 Å². The van der Waals surface area contributed by atoms with Crippen LogP contribution in [0, 0.1) is 0 Å². The van der Waals surface area contributed by atoms with E-state index in [1.807, 2.05) is 0 Å². The average Bonchev–Trinajstić information content (AvgIpc) is 3.12. The summed E-state index contributed by atoms with van der Waals surface area (Å²) in [6, 6.07) is -1.91. The number of hydrogen-bond donors (Lipinski definition) is 3. The smallest absolute Gasteiger partial charge is 0.306 e. The molecule has 0 rings (SSSR count). The number of esters is 2. The van der Waals surface area contributed by atoms with Gasteiger partial charge in [-0.3, -0.25) is 19.2 Å². The number of aliphatic hydroxyl groups excluding tert-OH is 1. The van der Waals surface area contributed by atoms with Gasteiger partial charge in [0.15, 0.2) is 5.78 Å². The summed E-state index contributed by atoms with van der Waals surface area (Å²) >= 11 is 1.32. The van der Waals surface area contributed by atoms with Gasteiger partial charge in [-0.25, -0.2) is 0 Å². The predicted molar refractivity (Wildman–Crippen MR) is 216 cm³/mol. The molecular weight excluding hydrogens is 677 g/mol. The number of aliphatic hydroxyl groups is 1. The van der Waals surface area contributed by atoms with Crippen LogP contribution in [-0.2, 0) is 28.7 Å². The largest absolute Gasteiger partial charge is 0.462 e. The first-order valence-corrected chi connectivity index (χ1v) is 22.5. The zero-order chi connectivity index (χ0) is 38.5. The Morgan fingerprint density at radius 2 is 0.981 bits per heavy atom. The Morgan fingerprint density at radius 1 is 0.596 bits per heavy atom. The maximum atomic E-state index is 12.7. The van der Waals surface area contributed by atoms with Crippen molar-refractivity contribution in [1.29, 1.82) is 0 Å². The number of nitrogens with two attached hydrogens (primary N) is 1. The van der Waals surface area contributed by atoms with E-state index in [1.54, 1.807) is 0 Å². The number of thioether (sulfide) groups is 1. The highest BCUT2D eigenvalue weighted by Crippen LogP contribution is 2.16. The van der Waals surface area contributed by atoms with Crippen LogP contribution in [0.5, 0.6) is 0 Å². The third kappa shape index (κ3) is 33.0. The van der Waals surface area contributed by atoms with Crippen molar-refractivity contribution in [1.82, 2.24) is 5.32 Å². The summed E-state index contributed by atoms with van der Waals surface area (Å²) in [5.74, 6) is -0.972. The Morgan fingerprint density at radius 3 is 1.37 bits per heavy atom. The van der Waals surface area contributed by atoms with Crippen molar-refractivity contribution in [2.75, 3.05) is 24.7 Å². The zero-order valence-corrected chi connectivity index (χ0v) is 34.6. The van der Waals surface area contributed by atoms with Gasteiger partial charge in [-0.1, -0.05) is 168 Å². The summed E-state index contributed by atoms with van der Waals surface area (Å²) in [4.78, 5) is 49.2. The molecule has 10 heteroatoms. The van der Waals surface area contributed by atoms with Crippen LogP contribution in [0.3, 0.4) is 0 Å². The molecule has 52 heavy (non-hydrogen) atoms. The van der Waals surface area contributed by atoms with Gasteiger partial charge in [0.05, 0.1) is 12.6 Å². The van der Waals surface area contributed by atoms with Crippen molar-refractivity contribution in [3.8, 4) is 0 Å². The van der Waals surface area contributed by atoms with Crippen molar-refractivity contribution in [2.24, 2.45) is 5.73 Å². The molecule has 9 nitrogen and oxygen atoms in total. The van der Waals surface area contributed by atoms with E-state index in [2.05, 4.69) is 19.2 Å². The molecule has 0 spiro atoms. The fraction of sp³-hybridized carbons (Fsp3) is 0.905. The molecule has 0 aliphatic rings. The molecule has 306 valence electrons. The van der Waals surface area contributed by atoms with E-state index in [0.717, 1.165) is 38.5 Å². The van der Waals surface area contributed by atoms with Gasteiger partial charge in [-0.2, -0.15) is 11.8 Å². The molecule has 0 aliphatic carbocycles. The van der Waals surface area contributed by atoms with Crippen LogP contribution in [0.2, 0.25) is 0 Å². The molecule has 1 amide bonds. The average molecular weight is 757 g/mol. The van der Waals surface area contributed by atoms with Gasteiger partial charge in [0, 0.05) is 24.3 Å². The lowest BCUT2D eigenvalue weighted by Crippen LogP contribution is -2.50. The van der Waals surface area contributed by atoms with Gasteiger partial charge in [0.1, 0.15) is 18.8 Å². The molecule has 3 atom stereocenters. The molecule has 4 N–H and O–H groups in total. The summed E-state index contributed by atoms with van der Waals surface area (Å²) in [5.41, 5.74) is 6.01. The maximum absolute atomic E-state index is 12.7. The Kier molecular flexibility index (Phi) is 36.5. The summed E-state index contributed by atoms with van der Waals surface area (Å²) in [6.07, 6.45) is 32.1. The third-order valence-electron chi connectivity index (χ3n) is 9.62. The SMILES string of the molecule is CCCCCCCCCCCCCCCC(=O)OCC(CSCC(N)C(=O)NC(CO)C(C)=O)OC(=O)CCCCCCCCCCCCCCC. The second-order valence-corrected chi connectivity index (χ2v) is 15.9. The summed E-state index contributed by atoms with van der Waals surface area (Å²) in [7, 11) is 0. The summed E-state index contributed by atoms with van der Waals surface area (Å²) in [5, 5.41) is 11.8. The van der Waals surface area contributed by atoms with Crippen molar-refractivity contribution < 1.29 is 33.8 Å². The first-order valence-electron chi connectivity index (χ1n) is 21.3. The number of ketones is 1. The fourth-order valence-electron chi connectivity index (χ4n) is 6.15. The fourth-order valence-corrected chi connectivity index (χ4v) is 7.12. The minimum absolute atomic E-state index is 0.0347. The molecule has 0 saturated heterocycles. The van der Waals surface area contributed by atoms with E-state index >= 15 is 0 Å². The molecule has 0 aliphatic heterocycles. The Bertz CT molecular complexity index is 875. The van der Waals surface area contributed by atoms with Crippen LogP contribution < -0.4 is 11.1 Å². The Hall–Kier alpha value is -1.65. The number of ether oxygens (including phenoxy) is 2. The molecule has 0 saturated carbocycles. The lowest BCUT2D eigenvalue weighted by molar-refractivity contribution is -0.157. The van der Waals surface area contributed by atoms with Gasteiger partial charge >= 0.3 is 11.9 Å². The van der Waals surface area contributed by atoms with E-state index < -0.39 is 30.7 Å². The van der Waals surface area contributed by atoms with Crippen LogP contribution in [0.25, 0.3) is 0 Å². The second-order valence-electron chi connectivity index (χ2n) is 14.8. The number of Topliss-reactive ketones (excluding diaryl/α,β-unsaturated/α-hetero) is 1. The summed E-state index contributed by atoms with van der Waals surface area (Å²) in [6.45, 7) is 5.26. The molecule has 0 aromatic rings. The number of nitrogens with one attached hydrogen (secondary N) is 1. The molecular formula is C42H80N2O7S. The third-order valence-corrected chi connectivity index (χ3v) is 10.8. The highest BCUT2D eigenvalue weighted by Gasteiger charge is 2.22. The Balaban J connectivity index is 4.44. The number of unbranched alkanes of at least 4 members (excludes halogenated alkanes) is 24. The van der Waals surface area contributed by atoms with Crippen LogP contribution in [-0.4, -0.2) is 71.6 Å². The number of rotatable bonds is 39. The quantitative estimate of drug-likeness (QED) is 0.0412. The highest BCUT2D eigenvalue weighted by molar-refractivity contribution is 7.99. The van der Waals surface area contributed by atoms with E-state index in [-0.39, 0.29) is 30.1 Å². The van der Waals surface area contributed by atoms with Crippen LogP contribution in [0.4, 0.5) is 0 Å². The van der Waals surface area contributed by atoms with E-state index in [4.69, 9.17) is 15.2 Å². The minimum atomic E-state index is -0.989. The highest BCUT2D eigenvalue weighted by atomic mass is 32.2. The van der Waals surface area contributed by atoms with Gasteiger partial charge in [-0.05, 0) is 19.8 Å². The first kappa shape index (κ1) is 50.4. The monoisotopic (exact) mass is 757 g/mol. The second kappa shape index (κ2) is 37.7. The van der Waals surface area contributed by atoms with Crippen molar-refractivity contribution >= 4 is 35.4 Å². The number of hydrogen-bond acceptors (Lipinski definition) is 9. The van der Waals surface area contributed by atoms with Gasteiger partial charge in [0.2, 0.25) is 5.91 Å². The maximum Gasteiger partial charge on any atom is 0.306 e. The van der Waals surface area contributed by atoms with Crippen molar-refractivity contribution in [3.05, 3.63) is 0 Å². The number of amides is 1. The topological polar surface area (TPSA) is 145 Å². The standard InChI is InChI=1S/C42H80N2O7S/c1-4-6-8-10-12-14-16-18-20-22-24-26-28-30-40(47)50-33-37(34-52-35-38(43)42(49)44-39(32-45)36(3)46)51-41(48)31-29-27-25-23-21-19-17-15-13-11-9-7-5-2/h37-39,45H,4-35,43H2,1-3H3,(H,44,49).